The van der Waals surface area contributed by atoms with Crippen molar-refractivity contribution < 1.29 is 8.81 Å². The molecule has 7 aromatic rings. The van der Waals surface area contributed by atoms with Gasteiger partial charge in [0.05, 0.1) is 11.3 Å². The number of furan rings is 1. The molecule has 0 atom stereocenters. The van der Waals surface area contributed by atoms with Gasteiger partial charge in [0, 0.05) is 39.4 Å². The van der Waals surface area contributed by atoms with Gasteiger partial charge < -0.3 is 14.2 Å². The van der Waals surface area contributed by atoms with Crippen LogP contribution in [0.15, 0.2) is 108 Å². The summed E-state index contributed by atoms with van der Waals surface area (Å²) in [6.07, 6.45) is 6.88. The van der Waals surface area contributed by atoms with Gasteiger partial charge in [-0.1, -0.05) is 126 Å². The van der Waals surface area contributed by atoms with E-state index in [9.17, 15) is 0 Å². The van der Waals surface area contributed by atoms with Gasteiger partial charge in [-0.25, -0.2) is 4.39 Å². The molecule has 6 aromatic carbocycles. The largest absolute Gasteiger partial charge is 0.468 e. The molecule has 1 aromatic heterocycles. The number of benzene rings is 6. The summed E-state index contributed by atoms with van der Waals surface area (Å²) in [6, 6.07) is 38.0. The Morgan fingerprint density at radius 1 is 0.485 bits per heavy atom. The van der Waals surface area contributed by atoms with Crippen LogP contribution in [-0.4, -0.2) is 6.71 Å². The number of anilines is 6. The summed E-state index contributed by atoms with van der Waals surface area (Å²) < 4.78 is 22.9. The molecule has 0 fully saturated rings. The van der Waals surface area contributed by atoms with Gasteiger partial charge >= 0.3 is 0 Å². The first-order chi connectivity index (χ1) is 32.0. The van der Waals surface area contributed by atoms with E-state index in [1.165, 1.54) is 79.0 Å². The molecular formula is C63H68BFN2O. The van der Waals surface area contributed by atoms with E-state index in [4.69, 9.17) is 4.42 Å². The molecule has 0 radical (unpaired) electrons. The van der Waals surface area contributed by atoms with Crippen LogP contribution in [0.5, 0.6) is 0 Å². The summed E-state index contributed by atoms with van der Waals surface area (Å²) in [6.45, 7) is 31.3. The zero-order valence-electron chi connectivity index (χ0n) is 42.8. The number of aryl methyl sites for hydroxylation is 1. The lowest BCUT2D eigenvalue weighted by molar-refractivity contribution is 0.332. The van der Waals surface area contributed by atoms with E-state index in [2.05, 4.69) is 179 Å². The summed E-state index contributed by atoms with van der Waals surface area (Å²) >= 11 is 0. The maximum Gasteiger partial charge on any atom is 0.297 e. The predicted molar refractivity (Wildman–Crippen MR) is 286 cm³/mol. The third-order valence-electron chi connectivity index (χ3n) is 18.2. The summed E-state index contributed by atoms with van der Waals surface area (Å²) in [5.41, 5.74) is 23.1. The maximum atomic E-state index is 15.3. The molecule has 0 N–H and O–H groups in total. The summed E-state index contributed by atoms with van der Waals surface area (Å²) in [7, 11) is 0. The lowest BCUT2D eigenvalue weighted by Gasteiger charge is -2.47. The van der Waals surface area contributed by atoms with Crippen LogP contribution in [-0.2, 0) is 32.5 Å². The van der Waals surface area contributed by atoms with Crippen LogP contribution in [0, 0.1) is 12.7 Å². The van der Waals surface area contributed by atoms with E-state index >= 15 is 4.39 Å². The second-order valence-corrected chi connectivity index (χ2v) is 25.5. The summed E-state index contributed by atoms with van der Waals surface area (Å²) in [5.74, 6) is -0.214. The van der Waals surface area contributed by atoms with Crippen molar-refractivity contribution in [3.8, 4) is 11.1 Å². The molecule has 0 amide bonds. The van der Waals surface area contributed by atoms with E-state index < -0.39 is 0 Å². The number of nitrogens with zero attached hydrogens (tertiary/aromatic N) is 2. The smallest absolute Gasteiger partial charge is 0.297 e. The fraction of sp³-hybridized carbons (Fsp3) is 0.397. The first-order valence-electron chi connectivity index (χ1n) is 25.5. The second-order valence-electron chi connectivity index (χ2n) is 25.5. The number of hydrogen-bond donors (Lipinski definition) is 0. The first-order valence-corrected chi connectivity index (χ1v) is 25.5. The van der Waals surface area contributed by atoms with Crippen LogP contribution >= 0.6 is 0 Å². The number of halogens is 1. The van der Waals surface area contributed by atoms with Crippen LogP contribution in [0.1, 0.15) is 161 Å². The van der Waals surface area contributed by atoms with E-state index in [0.29, 0.717) is 5.56 Å². The van der Waals surface area contributed by atoms with Gasteiger partial charge in [-0.05, 0) is 194 Å². The van der Waals surface area contributed by atoms with Crippen LogP contribution in [0.3, 0.4) is 0 Å². The highest BCUT2D eigenvalue weighted by Crippen LogP contribution is 2.55. The molecule has 0 saturated carbocycles. The van der Waals surface area contributed by atoms with Crippen LogP contribution in [0.4, 0.5) is 38.5 Å². The van der Waals surface area contributed by atoms with Crippen LogP contribution < -0.4 is 26.4 Å². The molecule has 346 valence electrons. The second kappa shape index (κ2) is 14.0. The van der Waals surface area contributed by atoms with Gasteiger partial charge in [0.1, 0.15) is 11.4 Å². The third-order valence-corrected chi connectivity index (χ3v) is 18.2. The van der Waals surface area contributed by atoms with Crippen molar-refractivity contribution in [1.82, 2.24) is 0 Å². The Morgan fingerprint density at radius 2 is 0.985 bits per heavy atom. The predicted octanol–water partition coefficient (Wildman–Crippen LogP) is 15.7. The Hall–Kier alpha value is -5.55. The maximum absolute atomic E-state index is 15.3. The monoisotopic (exact) mass is 899 g/mol. The van der Waals surface area contributed by atoms with Gasteiger partial charge in [-0.15, -0.1) is 0 Å². The lowest BCUT2D eigenvalue weighted by Crippen LogP contribution is -2.61. The van der Waals surface area contributed by atoms with Crippen molar-refractivity contribution in [1.29, 1.82) is 0 Å². The van der Waals surface area contributed by atoms with Crippen molar-refractivity contribution in [2.24, 2.45) is 0 Å². The average molecular weight is 899 g/mol. The van der Waals surface area contributed by atoms with Crippen molar-refractivity contribution in [3.05, 3.63) is 148 Å². The molecule has 0 saturated heterocycles. The minimum Gasteiger partial charge on any atom is -0.468 e. The fourth-order valence-electron chi connectivity index (χ4n) is 13.5. The Morgan fingerprint density at radius 3 is 1.59 bits per heavy atom. The molecular weight excluding hydrogens is 831 g/mol. The van der Waals surface area contributed by atoms with Crippen molar-refractivity contribution in [3.63, 3.8) is 0 Å². The molecule has 5 heteroatoms. The van der Waals surface area contributed by atoms with E-state index in [0.717, 1.165) is 65.7 Å². The van der Waals surface area contributed by atoms with Crippen molar-refractivity contribution in [2.75, 3.05) is 9.80 Å². The number of fused-ring (bicyclic) bond motifs is 9. The van der Waals surface area contributed by atoms with E-state index in [1.54, 1.807) is 12.1 Å². The quantitative estimate of drug-likeness (QED) is 0.165. The van der Waals surface area contributed by atoms with Gasteiger partial charge in [-0.3, -0.25) is 0 Å². The van der Waals surface area contributed by atoms with Gasteiger partial charge in [-0.2, -0.15) is 0 Å². The Bertz CT molecular complexity index is 3290. The van der Waals surface area contributed by atoms with Crippen molar-refractivity contribution >= 4 is 68.4 Å². The highest BCUT2D eigenvalue weighted by Gasteiger charge is 2.50. The minimum atomic E-state index is -0.214. The Labute approximate surface area is 405 Å². The molecule has 12 rings (SSSR count). The number of hydrogen-bond acceptors (Lipinski definition) is 3. The minimum absolute atomic E-state index is 0.0100. The SMILES string of the molecule is Cc1cc2c3c(c1)N(c1ccc(-c4ccccc4F)cc1)c1c(oc4cc5c(cc14)C(C)(C)CCC5(C)C)B3c1cc3c(cc1N2c1ccc2c(c1)C(C)(C)CCC2(C)C)C(C)(C)CCC3(C)C. The van der Waals surface area contributed by atoms with Crippen molar-refractivity contribution in [2.45, 2.75) is 161 Å². The zero-order chi connectivity index (χ0) is 47.8. The standard InChI is InChI=1S/C63H68BFN2O/c1-37-30-52-55-53(31-37)67(39-20-18-38(19-21-39)41-16-14-15-17-50(41)65)56-42-33-45-48(63(12,13)29-26-60(45,6)7)36-54(42)68-57(56)64(55)49-34-46-47(62(10,11)28-27-61(46,8)9)35-51(49)66(52)40-22-23-43-44(32-40)59(4,5)25-24-58(43,2)3/h14-23,30-36H,24-29H2,1-13H3. The lowest BCUT2D eigenvalue weighted by atomic mass is 9.35. The first kappa shape index (κ1) is 43.7. The molecule has 3 heterocycles. The third kappa shape index (κ3) is 6.21. The van der Waals surface area contributed by atoms with Crippen LogP contribution in [0.2, 0.25) is 0 Å². The highest BCUT2D eigenvalue weighted by molar-refractivity contribution is 7.00. The Balaban J connectivity index is 1.19. The number of rotatable bonds is 3. The molecule has 3 nitrogen and oxygen atoms in total. The molecule has 0 unspecified atom stereocenters. The zero-order valence-corrected chi connectivity index (χ0v) is 42.8. The Kier molecular flexibility index (Phi) is 9.03. The normalized spacial score (nSPS) is 20.5. The average Bonchev–Trinajstić information content (AvgIpc) is 3.66. The molecule has 0 bridgehead atoms. The van der Waals surface area contributed by atoms with Gasteiger partial charge in [0.2, 0.25) is 0 Å². The molecule has 2 aliphatic heterocycles. The molecule has 0 spiro atoms. The molecule has 68 heavy (non-hydrogen) atoms. The topological polar surface area (TPSA) is 19.6 Å². The fourth-order valence-corrected chi connectivity index (χ4v) is 13.5. The molecule has 5 aliphatic rings. The van der Waals surface area contributed by atoms with Gasteiger partial charge in [0.25, 0.3) is 6.71 Å². The van der Waals surface area contributed by atoms with E-state index in [-0.39, 0.29) is 45.0 Å². The summed E-state index contributed by atoms with van der Waals surface area (Å²) in [5, 5.41) is 1.15. The highest BCUT2D eigenvalue weighted by atomic mass is 19.1. The molecule has 3 aliphatic carbocycles. The van der Waals surface area contributed by atoms with Gasteiger partial charge in [0.15, 0.2) is 0 Å². The van der Waals surface area contributed by atoms with Crippen LogP contribution in [0.25, 0.3) is 22.1 Å². The van der Waals surface area contributed by atoms with E-state index in [1.807, 2.05) is 12.1 Å². The summed E-state index contributed by atoms with van der Waals surface area (Å²) in [4.78, 5) is 5.12.